The molecule has 21 heavy (non-hydrogen) atoms. The molecule has 6 heteroatoms. The maximum absolute atomic E-state index is 12.3. The molecular formula is C15H17N3O2S. The minimum absolute atomic E-state index is 0.195. The van der Waals surface area contributed by atoms with E-state index in [-0.39, 0.29) is 5.91 Å². The van der Waals surface area contributed by atoms with Crippen LogP contribution < -0.4 is 5.32 Å². The lowest BCUT2D eigenvalue weighted by Gasteiger charge is -2.11. The van der Waals surface area contributed by atoms with Crippen molar-refractivity contribution in [1.29, 1.82) is 0 Å². The van der Waals surface area contributed by atoms with E-state index in [0.717, 1.165) is 41.8 Å². The number of carbonyl (C=O) groups is 1. The van der Waals surface area contributed by atoms with Crippen molar-refractivity contribution in [2.45, 2.75) is 30.6 Å². The van der Waals surface area contributed by atoms with Gasteiger partial charge in [-0.3, -0.25) is 14.1 Å². The van der Waals surface area contributed by atoms with Crippen molar-refractivity contribution in [2.24, 2.45) is 0 Å². The maximum atomic E-state index is 12.3. The molecule has 0 radical (unpaired) electrons. The molecule has 0 bridgehead atoms. The molecule has 1 amide bonds. The Morgan fingerprint density at radius 1 is 1.24 bits per heavy atom. The zero-order valence-electron chi connectivity index (χ0n) is 11.8. The third-order valence-corrected chi connectivity index (χ3v) is 4.65. The molecule has 5 nitrogen and oxygen atoms in total. The Bertz CT molecular complexity index is 691. The van der Waals surface area contributed by atoms with Crippen LogP contribution in [-0.4, -0.2) is 26.6 Å². The molecule has 0 aliphatic heterocycles. The molecule has 0 unspecified atom stereocenters. The molecule has 0 fully saturated rings. The molecule has 0 saturated carbocycles. The van der Waals surface area contributed by atoms with Gasteiger partial charge < -0.3 is 5.32 Å². The van der Waals surface area contributed by atoms with Crippen LogP contribution in [0.1, 0.15) is 34.6 Å². The summed E-state index contributed by atoms with van der Waals surface area (Å²) in [7, 11) is -1.01. The van der Waals surface area contributed by atoms with Crippen LogP contribution in [-0.2, 0) is 23.6 Å². The van der Waals surface area contributed by atoms with Crippen molar-refractivity contribution in [2.75, 3.05) is 11.6 Å². The van der Waals surface area contributed by atoms with Gasteiger partial charge in [-0.05, 0) is 49.9 Å². The van der Waals surface area contributed by atoms with E-state index >= 15 is 0 Å². The predicted molar refractivity (Wildman–Crippen MR) is 82.0 cm³/mol. The molecule has 2 aromatic rings. The predicted octanol–water partition coefficient (Wildman–Crippen LogP) is 2.28. The summed E-state index contributed by atoms with van der Waals surface area (Å²) in [5.41, 5.74) is 3.31. The largest absolute Gasteiger partial charge is 0.321 e. The van der Waals surface area contributed by atoms with Gasteiger partial charge in [-0.1, -0.05) is 0 Å². The van der Waals surface area contributed by atoms with Crippen LogP contribution in [0.15, 0.2) is 29.2 Å². The van der Waals surface area contributed by atoms with Crippen molar-refractivity contribution in [3.63, 3.8) is 0 Å². The Hall–Kier alpha value is -1.95. The third kappa shape index (κ3) is 2.90. The molecule has 1 aliphatic rings. The van der Waals surface area contributed by atoms with Crippen molar-refractivity contribution >= 4 is 22.4 Å². The highest BCUT2D eigenvalue weighted by Crippen LogP contribution is 2.23. The first-order valence-corrected chi connectivity index (χ1v) is 8.52. The number of carbonyl (C=O) groups excluding carboxylic acids is 1. The summed E-state index contributed by atoms with van der Waals surface area (Å²) in [6.45, 7) is 0. The van der Waals surface area contributed by atoms with Crippen LogP contribution in [0.4, 0.5) is 5.69 Å². The Morgan fingerprint density at radius 3 is 2.67 bits per heavy atom. The summed E-state index contributed by atoms with van der Waals surface area (Å²) in [5.74, 6) is -0.195. The van der Waals surface area contributed by atoms with Crippen LogP contribution in [0.25, 0.3) is 0 Å². The number of anilines is 1. The second-order valence-electron chi connectivity index (χ2n) is 5.17. The Morgan fingerprint density at radius 2 is 1.95 bits per heavy atom. The van der Waals surface area contributed by atoms with Crippen LogP contribution in [0.2, 0.25) is 0 Å². The normalized spacial score (nSPS) is 15.3. The van der Waals surface area contributed by atoms with E-state index in [1.165, 1.54) is 0 Å². The molecule has 1 atom stereocenters. The van der Waals surface area contributed by atoms with E-state index in [1.54, 1.807) is 30.5 Å². The quantitative estimate of drug-likeness (QED) is 0.913. The average Bonchev–Trinajstić information content (AvgIpc) is 2.92. The van der Waals surface area contributed by atoms with E-state index in [0.29, 0.717) is 11.4 Å². The Labute approximate surface area is 125 Å². The zero-order valence-corrected chi connectivity index (χ0v) is 12.6. The van der Waals surface area contributed by atoms with Gasteiger partial charge in [0.1, 0.15) is 0 Å². The molecule has 1 aromatic carbocycles. The van der Waals surface area contributed by atoms with E-state index < -0.39 is 10.8 Å². The molecule has 1 aromatic heterocycles. The van der Waals surface area contributed by atoms with Crippen LogP contribution in [0, 0.1) is 0 Å². The molecule has 110 valence electrons. The monoisotopic (exact) mass is 303 g/mol. The van der Waals surface area contributed by atoms with Gasteiger partial charge in [-0.15, -0.1) is 0 Å². The number of hydrogen-bond acceptors (Lipinski definition) is 3. The Kier molecular flexibility index (Phi) is 3.88. The number of benzene rings is 1. The van der Waals surface area contributed by atoms with Crippen molar-refractivity contribution in [1.82, 2.24) is 10.2 Å². The highest BCUT2D eigenvalue weighted by Gasteiger charge is 2.21. The van der Waals surface area contributed by atoms with Gasteiger partial charge >= 0.3 is 0 Å². The number of aromatic nitrogens is 2. The Balaban J connectivity index is 1.77. The molecule has 2 N–H and O–H groups in total. The van der Waals surface area contributed by atoms with Crippen LogP contribution in [0.5, 0.6) is 0 Å². The summed E-state index contributed by atoms with van der Waals surface area (Å²) in [5, 5.41) is 9.96. The minimum atomic E-state index is -1.01. The summed E-state index contributed by atoms with van der Waals surface area (Å²) in [6, 6.07) is 7.03. The molecule has 1 aliphatic carbocycles. The van der Waals surface area contributed by atoms with Crippen LogP contribution >= 0.6 is 0 Å². The van der Waals surface area contributed by atoms with E-state index in [1.807, 2.05) is 0 Å². The van der Waals surface area contributed by atoms with Crippen molar-refractivity contribution < 1.29 is 9.00 Å². The van der Waals surface area contributed by atoms with E-state index in [2.05, 4.69) is 15.5 Å². The SMILES string of the molecule is C[S@](=O)c1ccc(NC(=O)c2n[nH]c3c2CCCC3)cc1. The van der Waals surface area contributed by atoms with Gasteiger partial charge in [-0.25, -0.2) is 0 Å². The highest BCUT2D eigenvalue weighted by atomic mass is 32.2. The number of aromatic amines is 1. The smallest absolute Gasteiger partial charge is 0.276 e. The molecule has 1 heterocycles. The molecule has 0 spiro atoms. The standard InChI is InChI=1S/C15H17N3O2S/c1-21(20)11-8-6-10(7-9-11)16-15(19)14-12-4-2-3-5-13(12)17-18-14/h6-9H,2-5H2,1H3,(H,16,19)(H,17,18)/t21-/m0/s1. The first kappa shape index (κ1) is 14.0. The number of nitrogens with one attached hydrogen (secondary N) is 2. The van der Waals surface area contributed by atoms with Crippen LogP contribution in [0.3, 0.4) is 0 Å². The summed E-state index contributed by atoms with van der Waals surface area (Å²) < 4.78 is 11.3. The number of rotatable bonds is 3. The molecule has 3 rings (SSSR count). The number of H-pyrrole nitrogens is 1. The average molecular weight is 303 g/mol. The summed E-state index contributed by atoms with van der Waals surface area (Å²) in [6.07, 6.45) is 5.74. The fourth-order valence-electron chi connectivity index (χ4n) is 2.59. The van der Waals surface area contributed by atoms with Gasteiger partial charge in [0.25, 0.3) is 5.91 Å². The van der Waals surface area contributed by atoms with E-state index in [9.17, 15) is 9.00 Å². The van der Waals surface area contributed by atoms with Gasteiger partial charge in [0.2, 0.25) is 0 Å². The lowest BCUT2D eigenvalue weighted by atomic mass is 9.96. The minimum Gasteiger partial charge on any atom is -0.321 e. The summed E-state index contributed by atoms with van der Waals surface area (Å²) >= 11 is 0. The third-order valence-electron chi connectivity index (χ3n) is 3.72. The van der Waals surface area contributed by atoms with Gasteiger partial charge in [0.05, 0.1) is 0 Å². The number of fused-ring (bicyclic) bond motifs is 1. The second-order valence-corrected chi connectivity index (χ2v) is 6.55. The maximum Gasteiger partial charge on any atom is 0.276 e. The highest BCUT2D eigenvalue weighted by molar-refractivity contribution is 7.84. The molecular weight excluding hydrogens is 286 g/mol. The number of hydrogen-bond donors (Lipinski definition) is 2. The number of aryl methyl sites for hydroxylation is 1. The van der Waals surface area contributed by atoms with Crippen molar-refractivity contribution in [3.05, 3.63) is 41.2 Å². The lowest BCUT2D eigenvalue weighted by Crippen LogP contribution is -2.15. The summed E-state index contributed by atoms with van der Waals surface area (Å²) in [4.78, 5) is 13.1. The van der Waals surface area contributed by atoms with Gasteiger partial charge in [-0.2, -0.15) is 5.10 Å². The first-order chi connectivity index (χ1) is 10.1. The fraction of sp³-hybridized carbons (Fsp3) is 0.333. The topological polar surface area (TPSA) is 74.8 Å². The van der Waals surface area contributed by atoms with E-state index in [4.69, 9.17) is 0 Å². The fourth-order valence-corrected chi connectivity index (χ4v) is 3.11. The van der Waals surface area contributed by atoms with Gasteiger partial charge in [0, 0.05) is 38.9 Å². The molecule has 0 saturated heterocycles. The first-order valence-electron chi connectivity index (χ1n) is 6.96. The van der Waals surface area contributed by atoms with Crippen molar-refractivity contribution in [3.8, 4) is 0 Å². The number of nitrogens with zero attached hydrogens (tertiary/aromatic N) is 1. The lowest BCUT2D eigenvalue weighted by molar-refractivity contribution is 0.102. The number of amides is 1. The van der Waals surface area contributed by atoms with Gasteiger partial charge in [0.15, 0.2) is 5.69 Å². The zero-order chi connectivity index (χ0) is 14.8. The second kappa shape index (κ2) is 5.81.